The minimum Gasteiger partial charge on any atom is -0.248 e. The van der Waals surface area contributed by atoms with E-state index in [0.717, 1.165) is 26.5 Å². The van der Waals surface area contributed by atoms with E-state index < -0.39 is 0 Å². The van der Waals surface area contributed by atoms with Crippen LogP contribution in [0.4, 0.5) is 0 Å². The van der Waals surface area contributed by atoms with Gasteiger partial charge in [-0.1, -0.05) is 30.0 Å². The molecule has 104 valence electrons. The van der Waals surface area contributed by atoms with Gasteiger partial charge < -0.3 is 0 Å². The first-order valence-corrected chi connectivity index (χ1v) is 7.94. The first kappa shape index (κ1) is 13.7. The maximum absolute atomic E-state index is 8.65. The minimum absolute atomic E-state index is 0.358. The van der Waals surface area contributed by atoms with Crippen LogP contribution < -0.4 is 0 Å². The van der Waals surface area contributed by atoms with Gasteiger partial charge in [-0.3, -0.25) is 0 Å². The molecule has 2 aromatic heterocycles. The zero-order valence-electron chi connectivity index (χ0n) is 10.9. The van der Waals surface area contributed by atoms with E-state index in [9.17, 15) is 0 Å². The van der Waals surface area contributed by atoms with Crippen molar-refractivity contribution in [3.8, 4) is 11.8 Å². The third-order valence-corrected chi connectivity index (χ3v) is 4.77. The predicted octanol–water partition coefficient (Wildman–Crippen LogP) is 2.48. The highest BCUT2D eigenvalue weighted by molar-refractivity contribution is 7.98. The number of aromatic nitrogens is 5. The van der Waals surface area contributed by atoms with Gasteiger partial charge in [0.2, 0.25) is 5.16 Å². The summed E-state index contributed by atoms with van der Waals surface area (Å²) in [5.41, 5.74) is 0.930. The highest BCUT2D eigenvalue weighted by atomic mass is 32.2. The van der Waals surface area contributed by atoms with Crippen LogP contribution in [0.25, 0.3) is 5.69 Å². The Labute approximate surface area is 129 Å². The molecule has 0 N–H and O–H groups in total. The third kappa shape index (κ3) is 3.26. The van der Waals surface area contributed by atoms with E-state index in [2.05, 4.69) is 26.6 Å². The quantitative estimate of drug-likeness (QED) is 0.673. The SMILES string of the molecule is N#CCc1ncc(CSc2nnnn2-c2ccccc2)s1. The van der Waals surface area contributed by atoms with E-state index in [-0.39, 0.29) is 0 Å². The average molecular weight is 314 g/mol. The van der Waals surface area contributed by atoms with Crippen LogP contribution in [0.3, 0.4) is 0 Å². The predicted molar refractivity (Wildman–Crippen MR) is 80.1 cm³/mol. The van der Waals surface area contributed by atoms with E-state index in [1.165, 1.54) is 0 Å². The molecule has 0 fully saturated rings. The Morgan fingerprint density at radius 3 is 2.95 bits per heavy atom. The number of nitrogens with zero attached hydrogens (tertiary/aromatic N) is 6. The van der Waals surface area contributed by atoms with Crippen LogP contribution in [0, 0.1) is 11.3 Å². The van der Waals surface area contributed by atoms with Crippen LogP contribution in [-0.4, -0.2) is 25.2 Å². The van der Waals surface area contributed by atoms with Crippen molar-refractivity contribution in [2.75, 3.05) is 0 Å². The molecule has 0 radical (unpaired) electrons. The minimum atomic E-state index is 0.358. The molecule has 3 rings (SSSR count). The second-order valence-electron chi connectivity index (χ2n) is 4.05. The molecular weight excluding hydrogens is 304 g/mol. The van der Waals surface area contributed by atoms with Crippen LogP contribution in [0.2, 0.25) is 0 Å². The summed E-state index contributed by atoms with van der Waals surface area (Å²) in [6, 6.07) is 11.9. The molecular formula is C13H10N6S2. The molecule has 3 aromatic rings. The maximum atomic E-state index is 8.65. The fourth-order valence-corrected chi connectivity index (χ4v) is 3.47. The number of thiazole rings is 1. The summed E-state index contributed by atoms with van der Waals surface area (Å²) in [7, 11) is 0. The lowest BCUT2D eigenvalue weighted by molar-refractivity contribution is 0.756. The largest absolute Gasteiger partial charge is 0.248 e. The lowest BCUT2D eigenvalue weighted by Crippen LogP contribution is -1.98. The summed E-state index contributed by atoms with van der Waals surface area (Å²) >= 11 is 3.10. The first-order chi connectivity index (χ1) is 10.4. The molecule has 8 heteroatoms. The molecule has 0 saturated carbocycles. The molecule has 0 spiro atoms. The maximum Gasteiger partial charge on any atom is 0.214 e. The van der Waals surface area contributed by atoms with Gasteiger partial charge in [0.25, 0.3) is 0 Å². The van der Waals surface area contributed by atoms with Gasteiger partial charge >= 0.3 is 0 Å². The van der Waals surface area contributed by atoms with Crippen LogP contribution in [0.5, 0.6) is 0 Å². The average Bonchev–Trinajstić information content (AvgIpc) is 3.15. The summed E-state index contributed by atoms with van der Waals surface area (Å²) < 4.78 is 1.71. The Kier molecular flexibility index (Phi) is 4.23. The molecule has 0 aliphatic heterocycles. The monoisotopic (exact) mass is 314 g/mol. The van der Waals surface area contributed by atoms with Gasteiger partial charge in [0, 0.05) is 16.8 Å². The van der Waals surface area contributed by atoms with Gasteiger partial charge in [-0.05, 0) is 22.6 Å². The number of thioether (sulfide) groups is 1. The van der Waals surface area contributed by atoms with Crippen molar-refractivity contribution in [1.82, 2.24) is 25.2 Å². The van der Waals surface area contributed by atoms with E-state index >= 15 is 0 Å². The zero-order chi connectivity index (χ0) is 14.5. The molecule has 0 aliphatic rings. The van der Waals surface area contributed by atoms with Crippen LogP contribution >= 0.6 is 23.1 Å². The Hall–Kier alpha value is -2.24. The standard InChI is InChI=1S/C13H10N6S2/c14-7-6-12-15-8-11(21-12)9-20-13-16-17-18-19(13)10-4-2-1-3-5-10/h1-5,8H,6,9H2. The van der Waals surface area contributed by atoms with E-state index in [0.29, 0.717) is 6.42 Å². The summed E-state index contributed by atoms with van der Waals surface area (Å²) in [4.78, 5) is 5.32. The lowest BCUT2D eigenvalue weighted by atomic mass is 10.3. The van der Waals surface area contributed by atoms with E-state index in [1.54, 1.807) is 34.0 Å². The second kappa shape index (κ2) is 6.47. The molecule has 6 nitrogen and oxygen atoms in total. The number of rotatable bonds is 5. The van der Waals surface area contributed by atoms with Gasteiger partial charge in [-0.25, -0.2) is 4.98 Å². The Balaban J connectivity index is 1.71. The molecule has 0 saturated heterocycles. The number of tetrazole rings is 1. The summed E-state index contributed by atoms with van der Waals surface area (Å²) in [5.74, 6) is 0.732. The van der Waals surface area contributed by atoms with Crippen molar-refractivity contribution >= 4 is 23.1 Å². The third-order valence-electron chi connectivity index (χ3n) is 2.62. The lowest BCUT2D eigenvalue weighted by Gasteiger charge is -2.02. The van der Waals surface area contributed by atoms with Crippen molar-refractivity contribution in [1.29, 1.82) is 5.26 Å². The highest BCUT2D eigenvalue weighted by Crippen LogP contribution is 2.25. The number of benzene rings is 1. The first-order valence-electron chi connectivity index (χ1n) is 6.14. The van der Waals surface area contributed by atoms with Gasteiger partial charge in [0.1, 0.15) is 5.01 Å². The normalized spacial score (nSPS) is 10.4. The van der Waals surface area contributed by atoms with E-state index in [4.69, 9.17) is 5.26 Å². The molecule has 2 heterocycles. The molecule has 0 amide bonds. The molecule has 21 heavy (non-hydrogen) atoms. The summed E-state index contributed by atoms with van der Waals surface area (Å²) in [6.45, 7) is 0. The molecule has 0 unspecified atom stereocenters. The number of hydrogen-bond acceptors (Lipinski definition) is 7. The molecule has 1 aromatic carbocycles. The van der Waals surface area contributed by atoms with Crippen molar-refractivity contribution in [3.63, 3.8) is 0 Å². The fourth-order valence-electron chi connectivity index (χ4n) is 1.70. The van der Waals surface area contributed by atoms with E-state index in [1.807, 2.05) is 30.3 Å². The molecule has 0 bridgehead atoms. The van der Waals surface area contributed by atoms with Gasteiger partial charge in [0.05, 0.1) is 18.2 Å². The second-order valence-corrected chi connectivity index (χ2v) is 6.19. The Bertz CT molecular complexity index is 758. The van der Waals surface area contributed by atoms with Crippen LogP contribution in [-0.2, 0) is 12.2 Å². The van der Waals surface area contributed by atoms with Crippen molar-refractivity contribution < 1.29 is 0 Å². The zero-order valence-corrected chi connectivity index (χ0v) is 12.5. The highest BCUT2D eigenvalue weighted by Gasteiger charge is 2.10. The van der Waals surface area contributed by atoms with Crippen molar-refractivity contribution in [2.45, 2.75) is 17.3 Å². The van der Waals surface area contributed by atoms with Gasteiger partial charge in [0.15, 0.2) is 0 Å². The smallest absolute Gasteiger partial charge is 0.214 e. The summed E-state index contributed by atoms with van der Waals surface area (Å²) in [5, 5.41) is 22.0. The summed E-state index contributed by atoms with van der Waals surface area (Å²) in [6.07, 6.45) is 2.16. The molecule has 0 atom stereocenters. The van der Waals surface area contributed by atoms with Gasteiger partial charge in [-0.15, -0.1) is 16.4 Å². The van der Waals surface area contributed by atoms with Crippen LogP contribution in [0.15, 0.2) is 41.7 Å². The number of para-hydroxylation sites is 1. The molecule has 0 aliphatic carbocycles. The van der Waals surface area contributed by atoms with Crippen molar-refractivity contribution in [3.05, 3.63) is 46.4 Å². The van der Waals surface area contributed by atoms with Crippen molar-refractivity contribution in [2.24, 2.45) is 0 Å². The topological polar surface area (TPSA) is 80.3 Å². The number of nitriles is 1. The Morgan fingerprint density at radius 1 is 1.29 bits per heavy atom. The van der Waals surface area contributed by atoms with Crippen LogP contribution in [0.1, 0.15) is 9.88 Å². The Morgan fingerprint density at radius 2 is 2.14 bits per heavy atom. The fraction of sp³-hybridized carbons (Fsp3) is 0.154. The van der Waals surface area contributed by atoms with Gasteiger partial charge in [-0.2, -0.15) is 9.94 Å². The number of hydrogen-bond donors (Lipinski definition) is 0.